The van der Waals surface area contributed by atoms with E-state index in [1.807, 2.05) is 0 Å². The lowest BCUT2D eigenvalue weighted by atomic mass is 9.79. The summed E-state index contributed by atoms with van der Waals surface area (Å²) in [5.41, 5.74) is 0. The number of aryl methyl sites for hydroxylation is 1. The molecule has 3 atom stereocenters. The van der Waals surface area contributed by atoms with E-state index in [2.05, 4.69) is 22.3 Å². The first-order chi connectivity index (χ1) is 7.65. The van der Waals surface area contributed by atoms with Gasteiger partial charge in [0.2, 0.25) is 0 Å². The second kappa shape index (κ2) is 4.91. The summed E-state index contributed by atoms with van der Waals surface area (Å²) in [7, 11) is 1.74. The summed E-state index contributed by atoms with van der Waals surface area (Å²) in [6, 6.07) is 0. The highest BCUT2D eigenvalue weighted by atomic mass is 16.3. The molecule has 0 bridgehead atoms. The highest BCUT2D eigenvalue weighted by molar-refractivity contribution is 4.86. The molecule has 2 rings (SSSR count). The molecule has 1 aliphatic carbocycles. The van der Waals surface area contributed by atoms with E-state index in [1.165, 1.54) is 17.6 Å². The molecule has 90 valence electrons. The van der Waals surface area contributed by atoms with E-state index in [1.54, 1.807) is 7.05 Å². The summed E-state index contributed by atoms with van der Waals surface area (Å²) in [6.07, 6.45) is 5.01. The normalized spacial score (nSPS) is 27.9. The summed E-state index contributed by atoms with van der Waals surface area (Å²) in [5.74, 6) is 1.80. The Hall–Kier alpha value is -0.970. The maximum atomic E-state index is 10.1. The number of hydrogen-bond acceptors (Lipinski definition) is 4. The van der Waals surface area contributed by atoms with E-state index in [4.69, 9.17) is 0 Å². The molecule has 5 nitrogen and oxygen atoms in total. The number of aliphatic hydroxyl groups excluding tert-OH is 1. The standard InChI is InChI=1S/C11H20N4O/c1-8-4-3-5-9(6-8)10(16)7-11-12-14-15(2)13-11/h8-10,16H,3-7H2,1-2H3. The quantitative estimate of drug-likeness (QED) is 0.830. The topological polar surface area (TPSA) is 63.8 Å². The van der Waals surface area contributed by atoms with E-state index < -0.39 is 0 Å². The van der Waals surface area contributed by atoms with Crippen LogP contribution in [-0.2, 0) is 13.5 Å². The second-order valence-electron chi connectivity index (χ2n) is 5.00. The van der Waals surface area contributed by atoms with Gasteiger partial charge < -0.3 is 5.11 Å². The molecule has 0 amide bonds. The molecule has 0 radical (unpaired) electrons. The zero-order chi connectivity index (χ0) is 11.5. The van der Waals surface area contributed by atoms with Crippen LogP contribution in [0.4, 0.5) is 0 Å². The summed E-state index contributed by atoms with van der Waals surface area (Å²) in [4.78, 5) is 1.44. The molecule has 1 N–H and O–H groups in total. The Morgan fingerprint density at radius 1 is 1.50 bits per heavy atom. The van der Waals surface area contributed by atoms with E-state index in [0.717, 1.165) is 18.8 Å². The summed E-state index contributed by atoms with van der Waals surface area (Å²) < 4.78 is 0. The van der Waals surface area contributed by atoms with Crippen molar-refractivity contribution in [3.05, 3.63) is 5.82 Å². The van der Waals surface area contributed by atoms with Crippen LogP contribution in [0.25, 0.3) is 0 Å². The van der Waals surface area contributed by atoms with E-state index in [0.29, 0.717) is 18.2 Å². The average molecular weight is 224 g/mol. The van der Waals surface area contributed by atoms with Crippen LogP contribution in [0, 0.1) is 11.8 Å². The Labute approximate surface area is 95.9 Å². The van der Waals surface area contributed by atoms with E-state index in [9.17, 15) is 5.11 Å². The van der Waals surface area contributed by atoms with Gasteiger partial charge in [0, 0.05) is 6.42 Å². The van der Waals surface area contributed by atoms with E-state index >= 15 is 0 Å². The lowest BCUT2D eigenvalue weighted by Crippen LogP contribution is -2.28. The first-order valence-electron chi connectivity index (χ1n) is 6.06. The summed E-state index contributed by atoms with van der Waals surface area (Å²) in [5, 5.41) is 21.9. The fourth-order valence-electron chi connectivity index (χ4n) is 2.59. The fraction of sp³-hybridized carbons (Fsp3) is 0.909. The number of tetrazole rings is 1. The maximum absolute atomic E-state index is 10.1. The number of nitrogens with zero attached hydrogens (tertiary/aromatic N) is 4. The van der Waals surface area contributed by atoms with Crippen LogP contribution in [0.3, 0.4) is 0 Å². The van der Waals surface area contributed by atoms with Crippen molar-refractivity contribution >= 4 is 0 Å². The third kappa shape index (κ3) is 2.78. The molecule has 0 saturated heterocycles. The van der Waals surface area contributed by atoms with Crippen molar-refractivity contribution in [2.45, 2.75) is 45.1 Å². The Morgan fingerprint density at radius 3 is 2.94 bits per heavy atom. The fourth-order valence-corrected chi connectivity index (χ4v) is 2.59. The maximum Gasteiger partial charge on any atom is 0.177 e. The Balaban J connectivity index is 1.89. The van der Waals surface area contributed by atoms with E-state index in [-0.39, 0.29) is 6.10 Å². The molecule has 1 heterocycles. The zero-order valence-electron chi connectivity index (χ0n) is 10.0. The second-order valence-corrected chi connectivity index (χ2v) is 5.00. The van der Waals surface area contributed by atoms with Crippen LogP contribution >= 0.6 is 0 Å². The SMILES string of the molecule is CC1CCCC(C(O)Cc2nnn(C)n2)C1. The predicted molar refractivity (Wildman–Crippen MR) is 59.6 cm³/mol. The van der Waals surface area contributed by atoms with Crippen LogP contribution in [0.2, 0.25) is 0 Å². The molecule has 1 fully saturated rings. The molecule has 16 heavy (non-hydrogen) atoms. The van der Waals surface area contributed by atoms with Crippen LogP contribution in [0.5, 0.6) is 0 Å². The van der Waals surface area contributed by atoms with Gasteiger partial charge in [-0.1, -0.05) is 19.8 Å². The van der Waals surface area contributed by atoms with Crippen LogP contribution in [0.15, 0.2) is 0 Å². The third-order valence-electron chi connectivity index (χ3n) is 3.46. The monoisotopic (exact) mass is 224 g/mol. The summed E-state index contributed by atoms with van der Waals surface area (Å²) in [6.45, 7) is 2.26. The molecule has 0 spiro atoms. The number of aliphatic hydroxyl groups is 1. The first kappa shape index (κ1) is 11.5. The van der Waals surface area contributed by atoms with Gasteiger partial charge in [-0.25, -0.2) is 0 Å². The minimum Gasteiger partial charge on any atom is -0.392 e. The Kier molecular flexibility index (Phi) is 3.53. The minimum absolute atomic E-state index is 0.313. The van der Waals surface area contributed by atoms with Crippen molar-refractivity contribution in [3.8, 4) is 0 Å². The van der Waals surface area contributed by atoms with Gasteiger partial charge in [-0.15, -0.1) is 10.2 Å². The van der Waals surface area contributed by atoms with Crippen molar-refractivity contribution in [2.24, 2.45) is 18.9 Å². The van der Waals surface area contributed by atoms with Gasteiger partial charge >= 0.3 is 0 Å². The van der Waals surface area contributed by atoms with Gasteiger partial charge in [0.1, 0.15) is 0 Å². The molecule has 1 aromatic rings. The first-order valence-corrected chi connectivity index (χ1v) is 6.06. The van der Waals surface area contributed by atoms with Gasteiger partial charge in [0.25, 0.3) is 0 Å². The molecular formula is C11H20N4O. The lowest BCUT2D eigenvalue weighted by molar-refractivity contribution is 0.0704. The van der Waals surface area contributed by atoms with Crippen molar-refractivity contribution in [1.29, 1.82) is 0 Å². The van der Waals surface area contributed by atoms with Gasteiger partial charge in [-0.05, 0) is 29.9 Å². The molecule has 3 unspecified atom stereocenters. The van der Waals surface area contributed by atoms with Gasteiger partial charge in [-0.3, -0.25) is 0 Å². The van der Waals surface area contributed by atoms with Crippen molar-refractivity contribution < 1.29 is 5.11 Å². The highest BCUT2D eigenvalue weighted by Gasteiger charge is 2.26. The lowest BCUT2D eigenvalue weighted by Gasteiger charge is -2.29. The molecule has 1 aliphatic rings. The number of hydrogen-bond donors (Lipinski definition) is 1. The molecule has 1 aromatic heterocycles. The van der Waals surface area contributed by atoms with Crippen molar-refractivity contribution in [2.75, 3.05) is 0 Å². The Morgan fingerprint density at radius 2 is 2.31 bits per heavy atom. The zero-order valence-corrected chi connectivity index (χ0v) is 10.0. The number of aromatic nitrogens is 4. The third-order valence-corrected chi connectivity index (χ3v) is 3.46. The van der Waals surface area contributed by atoms with Crippen LogP contribution < -0.4 is 0 Å². The van der Waals surface area contributed by atoms with Crippen LogP contribution in [-0.4, -0.2) is 31.4 Å². The highest BCUT2D eigenvalue weighted by Crippen LogP contribution is 2.31. The Bertz CT molecular complexity index is 338. The summed E-state index contributed by atoms with van der Waals surface area (Å²) >= 11 is 0. The minimum atomic E-state index is -0.313. The molecule has 0 aromatic carbocycles. The largest absolute Gasteiger partial charge is 0.392 e. The van der Waals surface area contributed by atoms with Gasteiger partial charge in [-0.2, -0.15) is 4.80 Å². The van der Waals surface area contributed by atoms with Crippen LogP contribution in [0.1, 0.15) is 38.4 Å². The molecule has 0 aliphatic heterocycles. The molecule has 1 saturated carbocycles. The van der Waals surface area contributed by atoms with Gasteiger partial charge in [0.15, 0.2) is 5.82 Å². The number of rotatable bonds is 3. The van der Waals surface area contributed by atoms with Crippen molar-refractivity contribution in [1.82, 2.24) is 20.2 Å². The van der Waals surface area contributed by atoms with Crippen molar-refractivity contribution in [3.63, 3.8) is 0 Å². The molecule has 5 heteroatoms. The average Bonchev–Trinajstić information content (AvgIpc) is 2.64. The van der Waals surface area contributed by atoms with Gasteiger partial charge in [0.05, 0.1) is 13.2 Å². The molecular weight excluding hydrogens is 204 g/mol. The smallest absolute Gasteiger partial charge is 0.177 e. The predicted octanol–water partition coefficient (Wildman–Crippen LogP) is 0.940.